The lowest BCUT2D eigenvalue weighted by atomic mass is 10.1. The van der Waals surface area contributed by atoms with Crippen LogP contribution in [0, 0.1) is 0 Å². The third-order valence-electron chi connectivity index (χ3n) is 3.58. The molecule has 0 spiro atoms. The number of nitrogens with one attached hydrogen (secondary N) is 1. The molecule has 0 bridgehead atoms. The first kappa shape index (κ1) is 22.0. The smallest absolute Gasteiger partial charge is 0.326 e. The lowest BCUT2D eigenvalue weighted by Crippen LogP contribution is -2.14. The first-order chi connectivity index (χ1) is 13.2. The molecule has 0 saturated carbocycles. The van der Waals surface area contributed by atoms with Gasteiger partial charge in [0.15, 0.2) is 0 Å². The highest BCUT2D eigenvalue weighted by molar-refractivity contribution is 7.97. The number of nitrogens with zero attached hydrogens (tertiary/aromatic N) is 1. The molecule has 9 heteroatoms. The van der Waals surface area contributed by atoms with E-state index >= 15 is 0 Å². The topological polar surface area (TPSA) is 67.5 Å². The van der Waals surface area contributed by atoms with Crippen molar-refractivity contribution in [3.8, 4) is 0 Å². The van der Waals surface area contributed by atoms with Gasteiger partial charge in [0, 0.05) is 21.8 Å². The average molecular weight is 428 g/mol. The molecular formula is C19H17ClF3N3OS. The molecule has 0 aromatic heterocycles. The number of aliphatic imine (C=N–C) groups is 1. The summed E-state index contributed by atoms with van der Waals surface area (Å²) in [5, 5.41) is 8.76. The number of amides is 1. The van der Waals surface area contributed by atoms with Gasteiger partial charge in [-0.3, -0.25) is 14.9 Å². The van der Waals surface area contributed by atoms with Crippen LogP contribution in [-0.4, -0.2) is 18.3 Å². The second-order valence-corrected chi connectivity index (χ2v) is 6.68. The Morgan fingerprint density at radius 3 is 2.61 bits per heavy atom. The number of hydrogen-bond acceptors (Lipinski definition) is 4. The molecule has 0 atom stereocenters. The standard InChI is InChI=1S/C19H17ClF3N3OS/c1-2-25-17(19(21,22)23)9-13-7-8-14(11-16(13)28-24)26-18(27)10-12-5-3-4-6-15(12)20/h2-9,11H,10,24H2,1H3,(H,26,27)/b17-9-,25-2?. The van der Waals surface area contributed by atoms with Crippen molar-refractivity contribution >= 4 is 47.4 Å². The first-order valence-electron chi connectivity index (χ1n) is 8.06. The van der Waals surface area contributed by atoms with Crippen LogP contribution < -0.4 is 10.5 Å². The van der Waals surface area contributed by atoms with Crippen molar-refractivity contribution in [3.05, 3.63) is 64.3 Å². The molecule has 0 radical (unpaired) electrons. The van der Waals surface area contributed by atoms with Crippen molar-refractivity contribution in [1.82, 2.24) is 0 Å². The zero-order valence-corrected chi connectivity index (χ0v) is 16.3. The van der Waals surface area contributed by atoms with Crippen LogP contribution >= 0.6 is 23.5 Å². The molecule has 28 heavy (non-hydrogen) atoms. The van der Waals surface area contributed by atoms with E-state index in [1.54, 1.807) is 24.3 Å². The van der Waals surface area contributed by atoms with Crippen LogP contribution in [0.4, 0.5) is 18.9 Å². The molecule has 0 heterocycles. The fourth-order valence-corrected chi connectivity index (χ4v) is 2.99. The molecular weight excluding hydrogens is 411 g/mol. The number of carbonyl (C=O) groups excluding carboxylic acids is 1. The van der Waals surface area contributed by atoms with Crippen molar-refractivity contribution < 1.29 is 18.0 Å². The number of nitrogens with two attached hydrogens (primary N) is 1. The lowest BCUT2D eigenvalue weighted by molar-refractivity contribution is -0.115. The molecule has 0 aliphatic rings. The molecule has 3 N–H and O–H groups in total. The Bertz CT molecular complexity index is 914. The predicted octanol–water partition coefficient (Wildman–Crippen LogP) is 5.48. The Balaban J connectivity index is 2.23. The maximum absolute atomic E-state index is 13.0. The summed E-state index contributed by atoms with van der Waals surface area (Å²) in [5.74, 6) is -0.309. The summed E-state index contributed by atoms with van der Waals surface area (Å²) in [5.41, 5.74) is 0.284. The Morgan fingerprint density at radius 1 is 1.29 bits per heavy atom. The highest BCUT2D eigenvalue weighted by Crippen LogP contribution is 2.31. The fourth-order valence-electron chi connectivity index (χ4n) is 2.33. The molecule has 148 valence electrons. The van der Waals surface area contributed by atoms with Crippen molar-refractivity contribution in [2.24, 2.45) is 10.1 Å². The minimum Gasteiger partial charge on any atom is -0.326 e. The molecule has 0 saturated heterocycles. The summed E-state index contributed by atoms with van der Waals surface area (Å²) in [6.45, 7) is 1.40. The van der Waals surface area contributed by atoms with E-state index in [0.29, 0.717) is 21.2 Å². The van der Waals surface area contributed by atoms with E-state index in [1.807, 2.05) is 0 Å². The minimum absolute atomic E-state index is 0.0653. The molecule has 1 amide bonds. The minimum atomic E-state index is -4.59. The Hall–Kier alpha value is -2.29. The van der Waals surface area contributed by atoms with Gasteiger partial charge in [-0.2, -0.15) is 13.2 Å². The monoisotopic (exact) mass is 427 g/mol. The zero-order chi connectivity index (χ0) is 20.7. The largest absolute Gasteiger partial charge is 0.433 e. The van der Waals surface area contributed by atoms with E-state index in [1.165, 1.54) is 25.1 Å². The quantitative estimate of drug-likeness (QED) is 0.473. The normalized spacial score (nSPS) is 12.4. The summed E-state index contributed by atoms with van der Waals surface area (Å²) in [6, 6.07) is 11.4. The van der Waals surface area contributed by atoms with E-state index in [-0.39, 0.29) is 17.9 Å². The van der Waals surface area contributed by atoms with E-state index in [4.69, 9.17) is 16.7 Å². The van der Waals surface area contributed by atoms with Gasteiger partial charge in [-0.1, -0.05) is 35.9 Å². The summed E-state index contributed by atoms with van der Waals surface area (Å²) in [4.78, 5) is 16.0. The Morgan fingerprint density at radius 2 is 2.00 bits per heavy atom. The van der Waals surface area contributed by atoms with Crippen molar-refractivity contribution in [2.45, 2.75) is 24.4 Å². The zero-order valence-electron chi connectivity index (χ0n) is 14.8. The number of anilines is 1. The van der Waals surface area contributed by atoms with Gasteiger partial charge in [0.05, 0.1) is 6.42 Å². The van der Waals surface area contributed by atoms with Gasteiger partial charge in [-0.05, 0) is 54.3 Å². The predicted molar refractivity (Wildman–Crippen MR) is 108 cm³/mol. The van der Waals surface area contributed by atoms with Gasteiger partial charge in [0.1, 0.15) is 5.70 Å². The molecule has 2 aromatic carbocycles. The van der Waals surface area contributed by atoms with E-state index in [2.05, 4.69) is 10.3 Å². The average Bonchev–Trinajstić information content (AvgIpc) is 2.63. The van der Waals surface area contributed by atoms with Gasteiger partial charge in [-0.25, -0.2) is 0 Å². The summed E-state index contributed by atoms with van der Waals surface area (Å²) >= 11 is 6.82. The van der Waals surface area contributed by atoms with Crippen LogP contribution in [0.2, 0.25) is 5.02 Å². The Kier molecular flexibility index (Phi) is 7.68. The first-order valence-corrected chi connectivity index (χ1v) is 9.32. The van der Waals surface area contributed by atoms with Gasteiger partial charge in [-0.15, -0.1) is 0 Å². The third kappa shape index (κ3) is 6.12. The van der Waals surface area contributed by atoms with E-state index in [9.17, 15) is 18.0 Å². The Labute approximate surface area is 169 Å². The molecule has 0 aliphatic carbocycles. The van der Waals surface area contributed by atoms with Gasteiger partial charge < -0.3 is 5.32 Å². The van der Waals surface area contributed by atoms with Gasteiger partial charge in [0.2, 0.25) is 5.91 Å². The summed E-state index contributed by atoms with van der Waals surface area (Å²) in [6.07, 6.45) is -2.55. The molecule has 2 rings (SSSR count). The maximum Gasteiger partial charge on any atom is 0.433 e. The van der Waals surface area contributed by atoms with Gasteiger partial charge in [0.25, 0.3) is 0 Å². The van der Waals surface area contributed by atoms with Gasteiger partial charge >= 0.3 is 6.18 Å². The number of allylic oxidation sites excluding steroid dienone is 1. The highest BCUT2D eigenvalue weighted by atomic mass is 35.5. The van der Waals surface area contributed by atoms with Crippen molar-refractivity contribution in [1.29, 1.82) is 0 Å². The van der Waals surface area contributed by atoms with E-state index in [0.717, 1.165) is 24.2 Å². The second-order valence-electron chi connectivity index (χ2n) is 5.60. The second kappa shape index (κ2) is 9.77. The molecule has 2 aromatic rings. The van der Waals surface area contributed by atoms with Crippen LogP contribution in [0.15, 0.2) is 58.0 Å². The summed E-state index contributed by atoms with van der Waals surface area (Å²) < 4.78 is 39.1. The van der Waals surface area contributed by atoms with Crippen LogP contribution in [-0.2, 0) is 11.2 Å². The van der Waals surface area contributed by atoms with Crippen molar-refractivity contribution in [2.75, 3.05) is 5.32 Å². The fraction of sp³-hybridized carbons (Fsp3) is 0.158. The van der Waals surface area contributed by atoms with Crippen LogP contribution in [0.1, 0.15) is 18.1 Å². The number of alkyl halides is 3. The molecule has 0 unspecified atom stereocenters. The number of rotatable bonds is 6. The number of carbonyl (C=O) groups is 1. The van der Waals surface area contributed by atoms with Crippen molar-refractivity contribution in [3.63, 3.8) is 0 Å². The molecule has 0 aliphatic heterocycles. The SMILES string of the molecule is CC=N/C(=C\c1ccc(NC(=O)Cc2ccccc2Cl)cc1SN)C(F)(F)F. The molecule has 0 fully saturated rings. The number of halogens is 4. The highest BCUT2D eigenvalue weighted by Gasteiger charge is 2.33. The molecule has 4 nitrogen and oxygen atoms in total. The number of hydrogen-bond donors (Lipinski definition) is 2. The third-order valence-corrected chi connectivity index (χ3v) is 4.56. The van der Waals surface area contributed by atoms with Crippen LogP contribution in [0.5, 0.6) is 0 Å². The van der Waals surface area contributed by atoms with E-state index < -0.39 is 11.9 Å². The summed E-state index contributed by atoms with van der Waals surface area (Å²) in [7, 11) is 0. The number of benzene rings is 2. The maximum atomic E-state index is 13.0. The van der Waals surface area contributed by atoms with Crippen LogP contribution in [0.25, 0.3) is 6.08 Å². The lowest BCUT2D eigenvalue weighted by Gasteiger charge is -2.11. The van der Waals surface area contributed by atoms with Crippen LogP contribution in [0.3, 0.4) is 0 Å².